The number of carbonyl (C=O) groups is 1. The Morgan fingerprint density at radius 3 is 2.79 bits per heavy atom. The molecule has 1 unspecified atom stereocenters. The molecule has 1 heterocycles. The van der Waals surface area contributed by atoms with E-state index in [9.17, 15) is 4.79 Å². The SMILES string of the molecule is COC(=O)c1cccc2c1CCC(NC(C)(C)C)N2. The zero-order valence-corrected chi connectivity index (χ0v) is 12.0. The van der Waals surface area contributed by atoms with Gasteiger partial charge in [0.25, 0.3) is 0 Å². The van der Waals surface area contributed by atoms with Crippen LogP contribution >= 0.6 is 0 Å². The molecular formula is C15H22N2O2. The van der Waals surface area contributed by atoms with Crippen molar-refractivity contribution >= 4 is 11.7 Å². The van der Waals surface area contributed by atoms with Crippen LogP contribution in [0.5, 0.6) is 0 Å². The second kappa shape index (κ2) is 5.21. The zero-order chi connectivity index (χ0) is 14.0. The molecule has 0 fully saturated rings. The van der Waals surface area contributed by atoms with Crippen LogP contribution in [0.4, 0.5) is 5.69 Å². The smallest absolute Gasteiger partial charge is 0.338 e. The second-order valence-electron chi connectivity index (χ2n) is 5.95. The monoisotopic (exact) mass is 262 g/mol. The van der Waals surface area contributed by atoms with Crippen LogP contribution in [-0.4, -0.2) is 24.8 Å². The maximum Gasteiger partial charge on any atom is 0.338 e. The molecule has 19 heavy (non-hydrogen) atoms. The van der Waals surface area contributed by atoms with Gasteiger partial charge < -0.3 is 10.1 Å². The highest BCUT2D eigenvalue weighted by Crippen LogP contribution is 2.28. The number of benzene rings is 1. The van der Waals surface area contributed by atoms with Gasteiger partial charge in [-0.05, 0) is 51.3 Å². The number of anilines is 1. The summed E-state index contributed by atoms with van der Waals surface area (Å²) in [6, 6.07) is 5.72. The number of nitrogens with one attached hydrogen (secondary N) is 2. The lowest BCUT2D eigenvalue weighted by Gasteiger charge is -2.34. The van der Waals surface area contributed by atoms with Crippen LogP contribution in [0.1, 0.15) is 43.1 Å². The Balaban J connectivity index is 2.21. The number of fused-ring (bicyclic) bond motifs is 1. The van der Waals surface area contributed by atoms with Gasteiger partial charge >= 0.3 is 5.97 Å². The lowest BCUT2D eigenvalue weighted by atomic mass is 9.95. The fraction of sp³-hybridized carbons (Fsp3) is 0.533. The van der Waals surface area contributed by atoms with Crippen LogP contribution in [0, 0.1) is 0 Å². The standard InChI is InChI=1S/C15H22N2O2/c1-15(2,3)17-13-9-8-10-11(14(18)19-4)6-5-7-12(10)16-13/h5-7,13,16-17H,8-9H2,1-4H3. The van der Waals surface area contributed by atoms with Gasteiger partial charge in [0.05, 0.1) is 18.8 Å². The fourth-order valence-corrected chi connectivity index (χ4v) is 2.47. The molecule has 1 aromatic rings. The highest BCUT2D eigenvalue weighted by atomic mass is 16.5. The molecule has 1 aliphatic rings. The van der Waals surface area contributed by atoms with Gasteiger partial charge in [0.15, 0.2) is 0 Å². The third-order valence-electron chi connectivity index (χ3n) is 3.20. The van der Waals surface area contributed by atoms with Crippen LogP contribution in [0.3, 0.4) is 0 Å². The molecule has 2 N–H and O–H groups in total. The quantitative estimate of drug-likeness (QED) is 0.804. The molecule has 1 aliphatic heterocycles. The lowest BCUT2D eigenvalue weighted by Crippen LogP contribution is -2.49. The largest absolute Gasteiger partial charge is 0.465 e. The summed E-state index contributed by atoms with van der Waals surface area (Å²) in [6.07, 6.45) is 2.07. The Kier molecular flexibility index (Phi) is 3.80. The molecule has 4 nitrogen and oxygen atoms in total. The van der Waals surface area contributed by atoms with Crippen molar-refractivity contribution < 1.29 is 9.53 Å². The topological polar surface area (TPSA) is 50.4 Å². The third-order valence-corrected chi connectivity index (χ3v) is 3.20. The molecule has 0 saturated heterocycles. The lowest BCUT2D eigenvalue weighted by molar-refractivity contribution is 0.0599. The van der Waals surface area contributed by atoms with Crippen molar-refractivity contribution in [2.45, 2.75) is 45.3 Å². The van der Waals surface area contributed by atoms with Crippen molar-refractivity contribution in [2.24, 2.45) is 0 Å². The van der Waals surface area contributed by atoms with E-state index < -0.39 is 0 Å². The number of ether oxygens (including phenoxy) is 1. The summed E-state index contributed by atoms with van der Waals surface area (Å²) < 4.78 is 4.83. The first-order valence-electron chi connectivity index (χ1n) is 6.65. The summed E-state index contributed by atoms with van der Waals surface area (Å²) in [7, 11) is 1.42. The summed E-state index contributed by atoms with van der Waals surface area (Å²) >= 11 is 0. The summed E-state index contributed by atoms with van der Waals surface area (Å²) in [5.74, 6) is -0.263. The molecule has 4 heteroatoms. The van der Waals surface area contributed by atoms with Gasteiger partial charge in [0.1, 0.15) is 0 Å². The maximum absolute atomic E-state index is 11.7. The summed E-state index contributed by atoms with van der Waals surface area (Å²) in [5.41, 5.74) is 2.81. The van der Waals surface area contributed by atoms with Gasteiger partial charge in [-0.25, -0.2) is 4.79 Å². The van der Waals surface area contributed by atoms with Crippen LogP contribution in [-0.2, 0) is 11.2 Å². The minimum Gasteiger partial charge on any atom is -0.465 e. The fourth-order valence-electron chi connectivity index (χ4n) is 2.47. The number of methoxy groups -OCH3 is 1. The van der Waals surface area contributed by atoms with E-state index >= 15 is 0 Å². The second-order valence-corrected chi connectivity index (χ2v) is 5.95. The minimum atomic E-state index is -0.263. The number of carbonyl (C=O) groups excluding carboxylic acids is 1. The van der Waals surface area contributed by atoms with E-state index in [1.165, 1.54) is 7.11 Å². The normalized spacial score (nSPS) is 18.4. The first-order valence-corrected chi connectivity index (χ1v) is 6.65. The van der Waals surface area contributed by atoms with Crippen LogP contribution in [0.25, 0.3) is 0 Å². The first-order chi connectivity index (χ1) is 8.90. The van der Waals surface area contributed by atoms with E-state index in [0.717, 1.165) is 24.1 Å². The Hall–Kier alpha value is -1.55. The van der Waals surface area contributed by atoms with Crippen molar-refractivity contribution in [3.63, 3.8) is 0 Å². The first kappa shape index (κ1) is 13.9. The Morgan fingerprint density at radius 2 is 2.16 bits per heavy atom. The van der Waals surface area contributed by atoms with Gasteiger partial charge in [0.2, 0.25) is 0 Å². The molecular weight excluding hydrogens is 240 g/mol. The molecule has 0 amide bonds. The Morgan fingerprint density at radius 1 is 1.42 bits per heavy atom. The van der Waals surface area contributed by atoms with Crippen molar-refractivity contribution in [3.05, 3.63) is 29.3 Å². The predicted octanol–water partition coefficient (Wildman–Crippen LogP) is 2.55. The van der Waals surface area contributed by atoms with E-state index in [0.29, 0.717) is 5.56 Å². The minimum absolute atomic E-state index is 0.0646. The van der Waals surface area contributed by atoms with E-state index in [4.69, 9.17) is 4.74 Å². The van der Waals surface area contributed by atoms with Crippen molar-refractivity contribution in [3.8, 4) is 0 Å². The number of hydrogen-bond acceptors (Lipinski definition) is 4. The Bertz CT molecular complexity index is 478. The van der Waals surface area contributed by atoms with Crippen LogP contribution in [0.2, 0.25) is 0 Å². The van der Waals surface area contributed by atoms with Crippen LogP contribution in [0.15, 0.2) is 18.2 Å². The molecule has 2 rings (SSSR count). The molecule has 104 valence electrons. The molecule has 0 radical (unpaired) electrons. The number of hydrogen-bond donors (Lipinski definition) is 2. The number of rotatable bonds is 2. The van der Waals surface area contributed by atoms with Gasteiger partial charge in [-0.1, -0.05) is 6.07 Å². The molecule has 0 spiro atoms. The highest BCUT2D eigenvalue weighted by molar-refractivity contribution is 5.93. The van der Waals surface area contributed by atoms with E-state index in [-0.39, 0.29) is 17.7 Å². The van der Waals surface area contributed by atoms with Crippen molar-refractivity contribution in [2.75, 3.05) is 12.4 Å². The molecule has 0 aromatic heterocycles. The predicted molar refractivity (Wildman–Crippen MR) is 76.4 cm³/mol. The van der Waals surface area contributed by atoms with Gasteiger partial charge in [-0.3, -0.25) is 5.32 Å². The summed E-state index contributed by atoms with van der Waals surface area (Å²) in [5, 5.41) is 6.99. The molecule has 0 aliphatic carbocycles. The molecule has 0 bridgehead atoms. The van der Waals surface area contributed by atoms with E-state index in [1.54, 1.807) is 0 Å². The molecule has 0 saturated carbocycles. The average molecular weight is 262 g/mol. The van der Waals surface area contributed by atoms with Gasteiger partial charge in [0, 0.05) is 11.2 Å². The van der Waals surface area contributed by atoms with Gasteiger partial charge in [-0.2, -0.15) is 0 Å². The summed E-state index contributed by atoms with van der Waals surface area (Å²) in [6.45, 7) is 6.44. The van der Waals surface area contributed by atoms with Gasteiger partial charge in [-0.15, -0.1) is 0 Å². The Labute approximate surface area is 114 Å². The average Bonchev–Trinajstić information content (AvgIpc) is 2.35. The van der Waals surface area contributed by atoms with Crippen LogP contribution < -0.4 is 10.6 Å². The van der Waals surface area contributed by atoms with E-state index in [2.05, 4.69) is 31.4 Å². The maximum atomic E-state index is 11.7. The van der Waals surface area contributed by atoms with E-state index in [1.807, 2.05) is 18.2 Å². The number of esters is 1. The highest BCUT2D eigenvalue weighted by Gasteiger charge is 2.25. The zero-order valence-electron chi connectivity index (χ0n) is 12.0. The van der Waals surface area contributed by atoms with Crippen molar-refractivity contribution in [1.82, 2.24) is 5.32 Å². The molecule has 1 atom stereocenters. The molecule has 1 aromatic carbocycles. The van der Waals surface area contributed by atoms with Crippen molar-refractivity contribution in [1.29, 1.82) is 0 Å². The third kappa shape index (κ3) is 3.26. The summed E-state index contributed by atoms with van der Waals surface area (Å²) in [4.78, 5) is 11.7.